The molecule has 0 saturated carbocycles. The van der Waals surface area contributed by atoms with Crippen molar-refractivity contribution in [3.8, 4) is 11.5 Å². The molecule has 1 aromatic heterocycles. The molecule has 0 atom stereocenters. The summed E-state index contributed by atoms with van der Waals surface area (Å²) in [5.74, 6) is 0.257. The summed E-state index contributed by atoms with van der Waals surface area (Å²) < 4.78 is 18.4. The lowest BCUT2D eigenvalue weighted by molar-refractivity contribution is -0.121. The Morgan fingerprint density at radius 2 is 1.92 bits per heavy atom. The van der Waals surface area contributed by atoms with E-state index in [2.05, 4.69) is 15.5 Å². The third-order valence-electron chi connectivity index (χ3n) is 3.75. The Morgan fingerprint density at radius 3 is 2.69 bits per heavy atom. The van der Waals surface area contributed by atoms with Gasteiger partial charge in [0.15, 0.2) is 0 Å². The lowest BCUT2D eigenvalue weighted by atomic mass is 10.1. The molecule has 0 aliphatic rings. The summed E-state index contributed by atoms with van der Waals surface area (Å²) in [7, 11) is 0. The largest absolute Gasteiger partial charge is 0.421 e. The topological polar surface area (TPSA) is 68.0 Å². The molecule has 26 heavy (non-hydrogen) atoms. The summed E-state index contributed by atoms with van der Waals surface area (Å²) in [4.78, 5) is 11.9. The molecule has 2 aromatic carbocycles. The Morgan fingerprint density at radius 1 is 1.12 bits per heavy atom. The summed E-state index contributed by atoms with van der Waals surface area (Å²) >= 11 is 5.93. The quantitative estimate of drug-likeness (QED) is 0.683. The number of amides is 1. The van der Waals surface area contributed by atoms with Gasteiger partial charge in [-0.1, -0.05) is 23.7 Å². The van der Waals surface area contributed by atoms with Crippen molar-refractivity contribution in [2.45, 2.75) is 19.3 Å². The number of benzene rings is 2. The molecular weight excluding hydrogens is 357 g/mol. The third kappa shape index (κ3) is 5.13. The van der Waals surface area contributed by atoms with E-state index in [9.17, 15) is 9.18 Å². The van der Waals surface area contributed by atoms with Crippen LogP contribution in [0.3, 0.4) is 0 Å². The van der Waals surface area contributed by atoms with Crippen molar-refractivity contribution in [3.05, 3.63) is 70.8 Å². The smallest absolute Gasteiger partial charge is 0.247 e. The SMILES string of the molecule is O=C(CCc1nnc(-c2ccc(F)cc2)o1)NCCc1cccc(Cl)c1. The fraction of sp³-hybridized carbons (Fsp3) is 0.211. The molecule has 0 fully saturated rings. The van der Waals surface area contributed by atoms with Gasteiger partial charge in [0.25, 0.3) is 0 Å². The maximum atomic E-state index is 12.9. The van der Waals surface area contributed by atoms with Crippen LogP contribution in [0.4, 0.5) is 4.39 Å². The first-order valence-corrected chi connectivity index (χ1v) is 8.57. The van der Waals surface area contributed by atoms with Gasteiger partial charge in [0.1, 0.15) is 5.82 Å². The van der Waals surface area contributed by atoms with E-state index in [4.69, 9.17) is 16.0 Å². The van der Waals surface area contributed by atoms with E-state index < -0.39 is 0 Å². The number of rotatable bonds is 7. The molecule has 5 nitrogen and oxygen atoms in total. The first-order valence-electron chi connectivity index (χ1n) is 8.19. The van der Waals surface area contributed by atoms with Crippen LogP contribution in [0.1, 0.15) is 17.9 Å². The lowest BCUT2D eigenvalue weighted by Crippen LogP contribution is -2.25. The molecule has 0 aliphatic carbocycles. The van der Waals surface area contributed by atoms with Crippen LogP contribution in [0.5, 0.6) is 0 Å². The van der Waals surface area contributed by atoms with E-state index in [1.54, 1.807) is 12.1 Å². The van der Waals surface area contributed by atoms with Crippen molar-refractivity contribution in [1.29, 1.82) is 0 Å². The highest BCUT2D eigenvalue weighted by Crippen LogP contribution is 2.18. The highest BCUT2D eigenvalue weighted by molar-refractivity contribution is 6.30. The zero-order valence-corrected chi connectivity index (χ0v) is 14.7. The predicted octanol–water partition coefficient (Wildman–Crippen LogP) is 3.82. The average Bonchev–Trinajstić information content (AvgIpc) is 3.10. The van der Waals surface area contributed by atoms with Crippen LogP contribution in [0.15, 0.2) is 52.9 Å². The van der Waals surface area contributed by atoms with Gasteiger partial charge in [-0.3, -0.25) is 4.79 Å². The molecule has 0 unspecified atom stereocenters. The van der Waals surface area contributed by atoms with Crippen molar-refractivity contribution < 1.29 is 13.6 Å². The molecule has 0 bridgehead atoms. The maximum Gasteiger partial charge on any atom is 0.247 e. The van der Waals surface area contributed by atoms with Crippen LogP contribution >= 0.6 is 11.6 Å². The van der Waals surface area contributed by atoms with Crippen LogP contribution < -0.4 is 5.32 Å². The minimum absolute atomic E-state index is 0.0893. The van der Waals surface area contributed by atoms with Gasteiger partial charge in [-0.2, -0.15) is 0 Å². The van der Waals surface area contributed by atoms with Crippen LogP contribution in [0, 0.1) is 5.82 Å². The number of hydrogen-bond donors (Lipinski definition) is 1. The molecule has 0 saturated heterocycles. The first-order chi connectivity index (χ1) is 12.6. The van der Waals surface area contributed by atoms with Crippen LogP contribution in [-0.4, -0.2) is 22.6 Å². The Balaban J connectivity index is 1.44. The van der Waals surface area contributed by atoms with E-state index in [0.717, 1.165) is 5.56 Å². The monoisotopic (exact) mass is 373 g/mol. The van der Waals surface area contributed by atoms with E-state index in [-0.39, 0.29) is 18.1 Å². The van der Waals surface area contributed by atoms with E-state index >= 15 is 0 Å². The number of halogens is 2. The van der Waals surface area contributed by atoms with Crippen molar-refractivity contribution in [3.63, 3.8) is 0 Å². The van der Waals surface area contributed by atoms with E-state index in [1.165, 1.54) is 12.1 Å². The highest BCUT2D eigenvalue weighted by atomic mass is 35.5. The van der Waals surface area contributed by atoms with E-state index in [0.29, 0.717) is 41.8 Å². The lowest BCUT2D eigenvalue weighted by Gasteiger charge is -2.05. The number of aromatic nitrogens is 2. The molecule has 1 heterocycles. The van der Waals surface area contributed by atoms with Crippen molar-refractivity contribution >= 4 is 17.5 Å². The fourth-order valence-corrected chi connectivity index (χ4v) is 2.62. The van der Waals surface area contributed by atoms with Crippen molar-refractivity contribution in [2.24, 2.45) is 0 Å². The van der Waals surface area contributed by atoms with Crippen LogP contribution in [-0.2, 0) is 17.6 Å². The second-order valence-electron chi connectivity index (χ2n) is 5.74. The van der Waals surface area contributed by atoms with Gasteiger partial charge in [0.2, 0.25) is 17.7 Å². The average molecular weight is 374 g/mol. The van der Waals surface area contributed by atoms with Crippen molar-refractivity contribution in [2.75, 3.05) is 6.54 Å². The normalized spacial score (nSPS) is 10.7. The number of carbonyl (C=O) groups is 1. The summed E-state index contributed by atoms with van der Waals surface area (Å²) in [5.41, 5.74) is 1.70. The molecule has 7 heteroatoms. The predicted molar refractivity (Wildman–Crippen MR) is 96.2 cm³/mol. The first kappa shape index (κ1) is 18.1. The van der Waals surface area contributed by atoms with Gasteiger partial charge >= 0.3 is 0 Å². The minimum Gasteiger partial charge on any atom is -0.421 e. The molecule has 0 radical (unpaired) electrons. The Hall–Kier alpha value is -2.73. The molecule has 3 rings (SSSR count). The number of aryl methyl sites for hydroxylation is 1. The summed E-state index contributed by atoms with van der Waals surface area (Å²) in [6.45, 7) is 0.532. The standard InChI is InChI=1S/C19H17ClFN3O2/c20-15-3-1-2-13(12-15)10-11-22-17(25)8-9-18-23-24-19(26-18)14-4-6-16(21)7-5-14/h1-7,12H,8-11H2,(H,22,25). The Kier molecular flexibility index (Phi) is 5.96. The summed E-state index contributed by atoms with van der Waals surface area (Å²) in [6, 6.07) is 13.3. The second kappa shape index (κ2) is 8.58. The van der Waals surface area contributed by atoms with Crippen LogP contribution in [0.2, 0.25) is 5.02 Å². The number of nitrogens with one attached hydrogen (secondary N) is 1. The zero-order valence-electron chi connectivity index (χ0n) is 13.9. The zero-order chi connectivity index (χ0) is 18.4. The van der Waals surface area contributed by atoms with Gasteiger partial charge < -0.3 is 9.73 Å². The molecule has 0 aliphatic heterocycles. The highest BCUT2D eigenvalue weighted by Gasteiger charge is 2.10. The summed E-state index contributed by atoms with van der Waals surface area (Å²) in [6.07, 6.45) is 1.30. The fourth-order valence-electron chi connectivity index (χ4n) is 2.41. The molecular formula is C19H17ClFN3O2. The van der Waals surface area contributed by atoms with E-state index in [1.807, 2.05) is 24.3 Å². The van der Waals surface area contributed by atoms with Gasteiger partial charge in [-0.05, 0) is 48.4 Å². The second-order valence-corrected chi connectivity index (χ2v) is 6.17. The molecule has 3 aromatic rings. The summed E-state index contributed by atoms with van der Waals surface area (Å²) in [5, 5.41) is 11.4. The van der Waals surface area contributed by atoms with Gasteiger partial charge in [-0.25, -0.2) is 4.39 Å². The molecule has 1 N–H and O–H groups in total. The number of hydrogen-bond acceptors (Lipinski definition) is 4. The molecule has 0 spiro atoms. The molecule has 1 amide bonds. The van der Waals surface area contributed by atoms with Gasteiger partial charge in [-0.15, -0.1) is 10.2 Å². The van der Waals surface area contributed by atoms with Crippen LogP contribution in [0.25, 0.3) is 11.5 Å². The number of nitrogens with zero attached hydrogens (tertiary/aromatic N) is 2. The Labute approximate surface area is 155 Å². The number of carbonyl (C=O) groups excluding carboxylic acids is 1. The third-order valence-corrected chi connectivity index (χ3v) is 3.98. The Bertz CT molecular complexity index is 881. The van der Waals surface area contributed by atoms with Gasteiger partial charge in [0.05, 0.1) is 0 Å². The minimum atomic E-state index is -0.331. The van der Waals surface area contributed by atoms with Crippen molar-refractivity contribution in [1.82, 2.24) is 15.5 Å². The molecule has 134 valence electrons. The maximum absolute atomic E-state index is 12.9. The van der Waals surface area contributed by atoms with Gasteiger partial charge in [0, 0.05) is 30.0 Å².